The van der Waals surface area contributed by atoms with Gasteiger partial charge in [-0.25, -0.2) is 9.78 Å². The number of carbonyl (C=O) groups is 1. The fourth-order valence-electron chi connectivity index (χ4n) is 2.30. The molecule has 0 aliphatic carbocycles. The average molecular weight is 280 g/mol. The molecule has 110 valence electrons. The van der Waals surface area contributed by atoms with Crippen LogP contribution in [0.3, 0.4) is 0 Å². The average Bonchev–Trinajstić information content (AvgIpc) is 2.47. The summed E-state index contributed by atoms with van der Waals surface area (Å²) in [6, 6.07) is 1.91. The van der Waals surface area contributed by atoms with E-state index in [1.54, 1.807) is 7.11 Å². The zero-order valence-electron chi connectivity index (χ0n) is 12.1. The van der Waals surface area contributed by atoms with Gasteiger partial charge in [-0.3, -0.25) is 0 Å². The lowest BCUT2D eigenvalue weighted by Gasteiger charge is -2.28. The molecular formula is C14H20N2O4. The van der Waals surface area contributed by atoms with E-state index in [1.165, 1.54) is 7.11 Å². The van der Waals surface area contributed by atoms with Gasteiger partial charge in [-0.15, -0.1) is 0 Å². The van der Waals surface area contributed by atoms with E-state index in [2.05, 4.69) is 9.88 Å². The first kappa shape index (κ1) is 14.7. The molecule has 1 aromatic rings. The van der Waals surface area contributed by atoms with Crippen LogP contribution in [0.5, 0.6) is 0 Å². The lowest BCUT2D eigenvalue weighted by Crippen LogP contribution is -2.37. The Kier molecular flexibility index (Phi) is 4.92. The summed E-state index contributed by atoms with van der Waals surface area (Å²) >= 11 is 0. The van der Waals surface area contributed by atoms with Crippen LogP contribution in [0.2, 0.25) is 0 Å². The van der Waals surface area contributed by atoms with Gasteiger partial charge in [-0.05, 0) is 18.6 Å². The van der Waals surface area contributed by atoms with Crippen LogP contribution in [0.25, 0.3) is 0 Å². The van der Waals surface area contributed by atoms with E-state index in [1.807, 2.05) is 13.0 Å². The fraction of sp³-hybridized carbons (Fsp3) is 0.571. The quantitative estimate of drug-likeness (QED) is 0.771. The maximum absolute atomic E-state index is 11.9. The highest BCUT2D eigenvalue weighted by atomic mass is 16.5. The number of morpholine rings is 1. The number of esters is 1. The Morgan fingerprint density at radius 2 is 2.10 bits per heavy atom. The lowest BCUT2D eigenvalue weighted by atomic mass is 10.1. The topological polar surface area (TPSA) is 60.9 Å². The summed E-state index contributed by atoms with van der Waals surface area (Å²) in [4.78, 5) is 18.6. The normalized spacial score (nSPS) is 15.2. The highest BCUT2D eigenvalue weighted by Gasteiger charge is 2.20. The summed E-state index contributed by atoms with van der Waals surface area (Å²) in [5, 5.41) is 0. The van der Waals surface area contributed by atoms with Crippen molar-refractivity contribution in [3.05, 3.63) is 22.9 Å². The third kappa shape index (κ3) is 3.08. The van der Waals surface area contributed by atoms with Gasteiger partial charge in [0.1, 0.15) is 5.82 Å². The van der Waals surface area contributed by atoms with Gasteiger partial charge < -0.3 is 19.1 Å². The molecule has 1 aromatic heterocycles. The van der Waals surface area contributed by atoms with Gasteiger partial charge in [0.25, 0.3) is 0 Å². The van der Waals surface area contributed by atoms with Crippen LogP contribution in [-0.2, 0) is 20.8 Å². The summed E-state index contributed by atoms with van der Waals surface area (Å²) in [5.41, 5.74) is 1.95. The van der Waals surface area contributed by atoms with Crippen molar-refractivity contribution in [2.45, 2.75) is 13.5 Å². The summed E-state index contributed by atoms with van der Waals surface area (Å²) in [6.45, 7) is 5.16. The highest BCUT2D eigenvalue weighted by molar-refractivity contribution is 5.92. The SMILES string of the molecule is COCc1nc(N2CCOCC2)cc(C)c1C(=O)OC. The van der Waals surface area contributed by atoms with Crippen molar-refractivity contribution >= 4 is 11.8 Å². The predicted octanol–water partition coefficient (Wildman–Crippen LogP) is 1.16. The van der Waals surface area contributed by atoms with Crippen LogP contribution in [0.15, 0.2) is 6.07 Å². The van der Waals surface area contributed by atoms with Crippen LogP contribution in [-0.4, -0.2) is 51.5 Å². The number of hydrogen-bond donors (Lipinski definition) is 0. The van der Waals surface area contributed by atoms with Crippen molar-refractivity contribution in [3.63, 3.8) is 0 Å². The zero-order valence-corrected chi connectivity index (χ0v) is 12.1. The minimum atomic E-state index is -0.379. The smallest absolute Gasteiger partial charge is 0.340 e. The minimum absolute atomic E-state index is 0.281. The first-order valence-electron chi connectivity index (χ1n) is 6.57. The molecule has 1 aliphatic rings. The van der Waals surface area contributed by atoms with Gasteiger partial charge in [-0.1, -0.05) is 0 Å². The van der Waals surface area contributed by atoms with Gasteiger partial charge in [0, 0.05) is 20.2 Å². The number of pyridine rings is 1. The molecule has 0 atom stereocenters. The monoisotopic (exact) mass is 280 g/mol. The van der Waals surface area contributed by atoms with Crippen molar-refractivity contribution in [1.82, 2.24) is 4.98 Å². The number of aromatic nitrogens is 1. The third-order valence-corrected chi connectivity index (χ3v) is 3.28. The molecule has 0 unspecified atom stereocenters. The Morgan fingerprint density at radius 1 is 1.40 bits per heavy atom. The maximum Gasteiger partial charge on any atom is 0.340 e. The van der Waals surface area contributed by atoms with Crippen LogP contribution < -0.4 is 4.90 Å². The van der Waals surface area contributed by atoms with E-state index in [9.17, 15) is 4.79 Å². The van der Waals surface area contributed by atoms with Crippen molar-refractivity contribution < 1.29 is 19.0 Å². The van der Waals surface area contributed by atoms with Crippen LogP contribution in [0, 0.1) is 6.92 Å². The van der Waals surface area contributed by atoms with E-state index in [0.717, 1.165) is 24.5 Å². The molecular weight excluding hydrogens is 260 g/mol. The molecule has 6 nitrogen and oxygen atoms in total. The van der Waals surface area contributed by atoms with Crippen molar-refractivity contribution in [2.75, 3.05) is 45.4 Å². The molecule has 0 N–H and O–H groups in total. The highest BCUT2D eigenvalue weighted by Crippen LogP contribution is 2.22. The molecule has 0 saturated carbocycles. The van der Waals surface area contributed by atoms with Gasteiger partial charge in [0.15, 0.2) is 0 Å². The first-order chi connectivity index (χ1) is 9.67. The van der Waals surface area contributed by atoms with Crippen molar-refractivity contribution in [3.8, 4) is 0 Å². The van der Waals surface area contributed by atoms with Gasteiger partial charge in [-0.2, -0.15) is 0 Å². The largest absolute Gasteiger partial charge is 0.465 e. The Morgan fingerprint density at radius 3 is 2.70 bits per heavy atom. The second kappa shape index (κ2) is 6.67. The van der Waals surface area contributed by atoms with Gasteiger partial charge >= 0.3 is 5.97 Å². The summed E-state index contributed by atoms with van der Waals surface area (Å²) < 4.78 is 15.3. The molecule has 0 aromatic carbocycles. The molecule has 6 heteroatoms. The summed E-state index contributed by atoms with van der Waals surface area (Å²) in [5.74, 6) is 0.473. The summed E-state index contributed by atoms with van der Waals surface area (Å²) in [7, 11) is 2.95. The molecule has 0 amide bonds. The van der Waals surface area contributed by atoms with Gasteiger partial charge in [0.05, 0.1) is 38.2 Å². The summed E-state index contributed by atoms with van der Waals surface area (Å²) in [6.07, 6.45) is 0. The second-order valence-corrected chi connectivity index (χ2v) is 4.64. The molecule has 1 aliphatic heterocycles. The first-order valence-corrected chi connectivity index (χ1v) is 6.57. The van der Waals surface area contributed by atoms with E-state index < -0.39 is 0 Å². The number of carbonyl (C=O) groups excluding carboxylic acids is 1. The number of anilines is 1. The Labute approximate surface area is 118 Å². The Hall–Kier alpha value is -1.66. The Bertz CT molecular complexity index is 484. The van der Waals surface area contributed by atoms with Crippen molar-refractivity contribution in [2.24, 2.45) is 0 Å². The Balaban J connectivity index is 2.38. The van der Waals surface area contributed by atoms with E-state index in [-0.39, 0.29) is 12.6 Å². The zero-order chi connectivity index (χ0) is 14.5. The number of aryl methyl sites for hydroxylation is 1. The molecule has 20 heavy (non-hydrogen) atoms. The molecule has 0 radical (unpaired) electrons. The number of nitrogens with zero attached hydrogens (tertiary/aromatic N) is 2. The third-order valence-electron chi connectivity index (χ3n) is 3.28. The van der Waals surface area contributed by atoms with Crippen LogP contribution in [0.4, 0.5) is 5.82 Å². The number of hydrogen-bond acceptors (Lipinski definition) is 6. The van der Waals surface area contributed by atoms with Crippen LogP contribution >= 0.6 is 0 Å². The maximum atomic E-state index is 11.9. The van der Waals surface area contributed by atoms with E-state index in [4.69, 9.17) is 14.2 Å². The van der Waals surface area contributed by atoms with Crippen LogP contribution in [0.1, 0.15) is 21.6 Å². The van der Waals surface area contributed by atoms with Gasteiger partial charge in [0.2, 0.25) is 0 Å². The molecule has 2 rings (SSSR count). The number of methoxy groups -OCH3 is 2. The van der Waals surface area contributed by atoms with E-state index >= 15 is 0 Å². The predicted molar refractivity (Wildman–Crippen MR) is 74.1 cm³/mol. The molecule has 2 heterocycles. The second-order valence-electron chi connectivity index (χ2n) is 4.64. The number of ether oxygens (including phenoxy) is 3. The minimum Gasteiger partial charge on any atom is -0.465 e. The molecule has 1 saturated heterocycles. The molecule has 0 bridgehead atoms. The molecule has 1 fully saturated rings. The lowest BCUT2D eigenvalue weighted by molar-refractivity contribution is 0.0593. The number of rotatable bonds is 4. The van der Waals surface area contributed by atoms with E-state index in [0.29, 0.717) is 24.5 Å². The standard InChI is InChI=1S/C14H20N2O4/c1-10-8-12(16-4-6-20-7-5-16)15-11(9-18-2)13(10)14(17)19-3/h8H,4-7,9H2,1-3H3. The van der Waals surface area contributed by atoms with Crippen molar-refractivity contribution in [1.29, 1.82) is 0 Å². The molecule has 0 spiro atoms. The fourth-order valence-corrected chi connectivity index (χ4v) is 2.30.